The third-order valence-electron chi connectivity index (χ3n) is 3.55. The lowest BCUT2D eigenvalue weighted by Crippen LogP contribution is -2.45. The SMILES string of the molecule is CCC(N)c1ccc(N2C[C@@H](C)O[C@@H](C)C2)cc1. The highest BCUT2D eigenvalue weighted by Crippen LogP contribution is 2.23. The van der Waals surface area contributed by atoms with Crippen molar-refractivity contribution in [2.45, 2.75) is 45.4 Å². The lowest BCUT2D eigenvalue weighted by molar-refractivity contribution is -0.00521. The summed E-state index contributed by atoms with van der Waals surface area (Å²) in [5, 5.41) is 0. The minimum atomic E-state index is 0.154. The second kappa shape index (κ2) is 5.72. The summed E-state index contributed by atoms with van der Waals surface area (Å²) in [6.07, 6.45) is 1.57. The van der Waals surface area contributed by atoms with Gasteiger partial charge in [0, 0.05) is 24.8 Å². The van der Waals surface area contributed by atoms with Crippen molar-refractivity contribution in [3.05, 3.63) is 29.8 Å². The van der Waals surface area contributed by atoms with E-state index in [0.717, 1.165) is 19.5 Å². The molecule has 1 fully saturated rings. The third kappa shape index (κ3) is 3.03. The second-order valence-electron chi connectivity index (χ2n) is 5.27. The maximum atomic E-state index is 6.03. The van der Waals surface area contributed by atoms with E-state index < -0.39 is 0 Å². The number of nitrogens with zero attached hydrogens (tertiary/aromatic N) is 1. The van der Waals surface area contributed by atoms with Gasteiger partial charge in [0.05, 0.1) is 12.2 Å². The fourth-order valence-corrected chi connectivity index (χ4v) is 2.56. The van der Waals surface area contributed by atoms with Gasteiger partial charge in [0.25, 0.3) is 0 Å². The number of ether oxygens (including phenoxy) is 1. The standard InChI is InChI=1S/C15H24N2O/c1-4-15(16)13-5-7-14(8-6-13)17-9-11(2)18-12(3)10-17/h5-8,11-12,15H,4,9-10,16H2,1-3H3/t11-,12+,15?. The molecule has 18 heavy (non-hydrogen) atoms. The minimum Gasteiger partial charge on any atom is -0.372 e. The summed E-state index contributed by atoms with van der Waals surface area (Å²) in [7, 11) is 0. The summed E-state index contributed by atoms with van der Waals surface area (Å²) in [5.41, 5.74) is 8.52. The van der Waals surface area contributed by atoms with Crippen LogP contribution in [0.5, 0.6) is 0 Å². The monoisotopic (exact) mass is 248 g/mol. The Hall–Kier alpha value is -1.06. The van der Waals surface area contributed by atoms with Crippen molar-refractivity contribution < 1.29 is 4.74 Å². The number of anilines is 1. The topological polar surface area (TPSA) is 38.5 Å². The zero-order valence-corrected chi connectivity index (χ0v) is 11.6. The smallest absolute Gasteiger partial charge is 0.0726 e. The molecule has 1 heterocycles. The lowest BCUT2D eigenvalue weighted by atomic mass is 10.0. The highest BCUT2D eigenvalue weighted by molar-refractivity contribution is 5.48. The van der Waals surface area contributed by atoms with Crippen LogP contribution in [0.2, 0.25) is 0 Å². The summed E-state index contributed by atoms with van der Waals surface area (Å²) < 4.78 is 5.76. The molecule has 2 rings (SSSR count). The highest BCUT2D eigenvalue weighted by Gasteiger charge is 2.22. The maximum absolute atomic E-state index is 6.03. The average Bonchev–Trinajstić information content (AvgIpc) is 2.37. The van der Waals surface area contributed by atoms with Crippen molar-refractivity contribution in [2.24, 2.45) is 5.73 Å². The van der Waals surface area contributed by atoms with Crippen molar-refractivity contribution in [3.63, 3.8) is 0 Å². The van der Waals surface area contributed by atoms with Crippen LogP contribution in [0.3, 0.4) is 0 Å². The van der Waals surface area contributed by atoms with E-state index in [1.165, 1.54) is 11.3 Å². The zero-order chi connectivity index (χ0) is 13.1. The van der Waals surface area contributed by atoms with Gasteiger partial charge in [-0.2, -0.15) is 0 Å². The molecule has 1 saturated heterocycles. The molecule has 0 saturated carbocycles. The number of hydrogen-bond acceptors (Lipinski definition) is 3. The summed E-state index contributed by atoms with van der Waals surface area (Å²) >= 11 is 0. The molecular weight excluding hydrogens is 224 g/mol. The van der Waals surface area contributed by atoms with Gasteiger partial charge in [0.2, 0.25) is 0 Å². The van der Waals surface area contributed by atoms with Crippen LogP contribution in [0.1, 0.15) is 38.8 Å². The molecule has 0 radical (unpaired) electrons. The van der Waals surface area contributed by atoms with Gasteiger partial charge < -0.3 is 15.4 Å². The maximum Gasteiger partial charge on any atom is 0.0726 e. The molecule has 1 unspecified atom stereocenters. The zero-order valence-electron chi connectivity index (χ0n) is 11.6. The molecule has 3 nitrogen and oxygen atoms in total. The summed E-state index contributed by atoms with van der Waals surface area (Å²) in [6.45, 7) is 8.30. The third-order valence-corrected chi connectivity index (χ3v) is 3.55. The molecule has 1 aromatic carbocycles. The van der Waals surface area contributed by atoms with Crippen LogP contribution in [0, 0.1) is 0 Å². The van der Waals surface area contributed by atoms with E-state index in [9.17, 15) is 0 Å². The van der Waals surface area contributed by atoms with Crippen molar-refractivity contribution >= 4 is 5.69 Å². The van der Waals surface area contributed by atoms with E-state index in [1.54, 1.807) is 0 Å². The molecule has 1 aliphatic rings. The van der Waals surface area contributed by atoms with Crippen LogP contribution in [-0.2, 0) is 4.74 Å². The Morgan fingerprint density at radius 3 is 2.28 bits per heavy atom. The molecule has 0 amide bonds. The van der Waals surface area contributed by atoms with Gasteiger partial charge in [-0.25, -0.2) is 0 Å². The van der Waals surface area contributed by atoms with Crippen LogP contribution >= 0.6 is 0 Å². The molecule has 100 valence electrons. The number of benzene rings is 1. The van der Waals surface area contributed by atoms with E-state index in [0.29, 0.717) is 12.2 Å². The van der Waals surface area contributed by atoms with E-state index in [-0.39, 0.29) is 6.04 Å². The molecular formula is C15H24N2O. The number of morpholine rings is 1. The van der Waals surface area contributed by atoms with Crippen LogP contribution in [0.4, 0.5) is 5.69 Å². The molecule has 3 heteroatoms. The van der Waals surface area contributed by atoms with Crippen LogP contribution in [0.15, 0.2) is 24.3 Å². The fraction of sp³-hybridized carbons (Fsp3) is 0.600. The van der Waals surface area contributed by atoms with Gasteiger partial charge >= 0.3 is 0 Å². The van der Waals surface area contributed by atoms with Crippen LogP contribution < -0.4 is 10.6 Å². The van der Waals surface area contributed by atoms with Crippen molar-refractivity contribution in [1.29, 1.82) is 0 Å². The van der Waals surface area contributed by atoms with Crippen molar-refractivity contribution in [2.75, 3.05) is 18.0 Å². The van der Waals surface area contributed by atoms with Gasteiger partial charge in [-0.1, -0.05) is 19.1 Å². The Bertz CT molecular complexity index is 367. The first-order chi connectivity index (χ1) is 8.60. The van der Waals surface area contributed by atoms with Crippen LogP contribution in [-0.4, -0.2) is 25.3 Å². The Morgan fingerprint density at radius 2 is 1.78 bits per heavy atom. The highest BCUT2D eigenvalue weighted by atomic mass is 16.5. The van der Waals surface area contributed by atoms with E-state index in [1.807, 2.05) is 0 Å². The first-order valence-corrected chi connectivity index (χ1v) is 6.86. The number of rotatable bonds is 3. The van der Waals surface area contributed by atoms with E-state index in [4.69, 9.17) is 10.5 Å². The normalized spacial score (nSPS) is 26.1. The van der Waals surface area contributed by atoms with Crippen LogP contribution in [0.25, 0.3) is 0 Å². The Morgan fingerprint density at radius 1 is 1.22 bits per heavy atom. The van der Waals surface area contributed by atoms with E-state index in [2.05, 4.69) is 49.9 Å². The van der Waals surface area contributed by atoms with Gasteiger partial charge in [-0.15, -0.1) is 0 Å². The summed E-state index contributed by atoms with van der Waals surface area (Å²) in [6, 6.07) is 8.80. The lowest BCUT2D eigenvalue weighted by Gasteiger charge is -2.37. The van der Waals surface area contributed by atoms with Gasteiger partial charge in [-0.3, -0.25) is 0 Å². The Balaban J connectivity index is 2.09. The molecule has 1 aliphatic heterocycles. The molecule has 3 atom stereocenters. The molecule has 2 N–H and O–H groups in total. The van der Waals surface area contributed by atoms with Crippen molar-refractivity contribution in [3.8, 4) is 0 Å². The predicted octanol–water partition coefficient (Wildman–Crippen LogP) is 2.71. The second-order valence-corrected chi connectivity index (χ2v) is 5.27. The predicted molar refractivity (Wildman–Crippen MR) is 75.9 cm³/mol. The quantitative estimate of drug-likeness (QED) is 0.894. The van der Waals surface area contributed by atoms with Gasteiger partial charge in [0.1, 0.15) is 0 Å². The Kier molecular flexibility index (Phi) is 4.25. The fourth-order valence-electron chi connectivity index (χ4n) is 2.56. The van der Waals surface area contributed by atoms with Gasteiger partial charge in [0.15, 0.2) is 0 Å². The molecule has 0 spiro atoms. The first-order valence-electron chi connectivity index (χ1n) is 6.86. The van der Waals surface area contributed by atoms with Crippen molar-refractivity contribution in [1.82, 2.24) is 0 Å². The number of nitrogens with two attached hydrogens (primary N) is 1. The molecule has 0 bridgehead atoms. The van der Waals surface area contributed by atoms with Gasteiger partial charge in [-0.05, 0) is 38.0 Å². The Labute approximate surface area is 110 Å². The molecule has 1 aromatic rings. The molecule has 0 aromatic heterocycles. The largest absolute Gasteiger partial charge is 0.372 e. The molecule has 0 aliphatic carbocycles. The summed E-state index contributed by atoms with van der Waals surface area (Å²) in [4.78, 5) is 2.39. The summed E-state index contributed by atoms with van der Waals surface area (Å²) in [5.74, 6) is 0. The first kappa shape index (κ1) is 13.4. The average molecular weight is 248 g/mol. The minimum absolute atomic E-state index is 0.154. The van der Waals surface area contributed by atoms with E-state index >= 15 is 0 Å². The number of hydrogen-bond donors (Lipinski definition) is 1.